The van der Waals surface area contributed by atoms with Crippen molar-refractivity contribution in [3.8, 4) is 6.07 Å². The second-order valence-corrected chi connectivity index (χ2v) is 1.61. The monoisotopic (exact) mass is 137 g/mol. The number of carbonyl (C=O) groups excluding carboxylic acids is 1. The Labute approximate surface area is 59.2 Å². The Balaban J connectivity index is 4.02. The number of hydrogen-bond acceptors (Lipinski definition) is 3. The number of ether oxygens (including phenoxy) is 1. The van der Waals surface area contributed by atoms with E-state index in [2.05, 4.69) is 17.9 Å². The SMILES string of the molecule is C=C(C#N)C(=C)OC(C)=O. The normalized spacial score (nSPS) is 7.60. The maximum absolute atomic E-state index is 10.2. The Morgan fingerprint density at radius 1 is 1.60 bits per heavy atom. The van der Waals surface area contributed by atoms with E-state index in [9.17, 15) is 4.79 Å². The van der Waals surface area contributed by atoms with E-state index in [4.69, 9.17) is 5.26 Å². The van der Waals surface area contributed by atoms with Crippen molar-refractivity contribution in [2.75, 3.05) is 0 Å². The second kappa shape index (κ2) is 3.46. The van der Waals surface area contributed by atoms with Crippen LogP contribution in [-0.2, 0) is 9.53 Å². The Kier molecular flexibility index (Phi) is 2.92. The first kappa shape index (κ1) is 8.44. The van der Waals surface area contributed by atoms with Gasteiger partial charge in [0.2, 0.25) is 0 Å². The summed E-state index contributed by atoms with van der Waals surface area (Å²) in [5.41, 5.74) is 0.0650. The van der Waals surface area contributed by atoms with Crippen LogP contribution in [0.2, 0.25) is 0 Å². The largest absolute Gasteiger partial charge is 0.426 e. The summed E-state index contributed by atoms with van der Waals surface area (Å²) >= 11 is 0. The van der Waals surface area contributed by atoms with E-state index in [1.54, 1.807) is 6.07 Å². The molecule has 0 bridgehead atoms. The van der Waals surface area contributed by atoms with Crippen molar-refractivity contribution in [2.45, 2.75) is 6.92 Å². The molecule has 0 aromatic heterocycles. The first-order valence-corrected chi connectivity index (χ1v) is 2.54. The van der Waals surface area contributed by atoms with E-state index in [0.29, 0.717) is 0 Å². The Hall–Kier alpha value is -1.56. The number of esters is 1. The molecule has 52 valence electrons. The van der Waals surface area contributed by atoms with Gasteiger partial charge in [-0.2, -0.15) is 5.26 Å². The van der Waals surface area contributed by atoms with E-state index in [0.717, 1.165) is 0 Å². The zero-order chi connectivity index (χ0) is 8.15. The molecule has 0 heterocycles. The predicted octanol–water partition coefficient (Wildman–Crippen LogP) is 1.14. The molecular weight excluding hydrogens is 130 g/mol. The van der Waals surface area contributed by atoms with Crippen molar-refractivity contribution < 1.29 is 9.53 Å². The van der Waals surface area contributed by atoms with Crippen molar-refractivity contribution in [3.63, 3.8) is 0 Å². The van der Waals surface area contributed by atoms with Crippen molar-refractivity contribution in [3.05, 3.63) is 24.5 Å². The molecule has 0 amide bonds. The number of carbonyl (C=O) groups is 1. The predicted molar refractivity (Wildman–Crippen MR) is 35.7 cm³/mol. The summed E-state index contributed by atoms with van der Waals surface area (Å²) in [5.74, 6) is -0.489. The lowest BCUT2D eigenvalue weighted by molar-refractivity contribution is -0.136. The smallest absolute Gasteiger partial charge is 0.308 e. The molecule has 0 saturated heterocycles. The fraction of sp³-hybridized carbons (Fsp3) is 0.143. The lowest BCUT2D eigenvalue weighted by Gasteiger charge is -1.99. The number of nitriles is 1. The van der Waals surface area contributed by atoms with Crippen molar-refractivity contribution in [2.24, 2.45) is 0 Å². The van der Waals surface area contributed by atoms with Gasteiger partial charge in [0.1, 0.15) is 11.8 Å². The van der Waals surface area contributed by atoms with Crippen LogP contribution in [0.4, 0.5) is 0 Å². The fourth-order valence-corrected chi connectivity index (χ4v) is 0.297. The van der Waals surface area contributed by atoms with Crippen LogP contribution in [0, 0.1) is 11.3 Å². The van der Waals surface area contributed by atoms with Crippen LogP contribution in [0.3, 0.4) is 0 Å². The summed E-state index contributed by atoms with van der Waals surface area (Å²) in [6.45, 7) is 7.82. The standard InChI is InChI=1S/C7H7NO2/c1-5(4-8)6(2)10-7(3)9/h1-2H2,3H3. The second-order valence-electron chi connectivity index (χ2n) is 1.61. The van der Waals surface area contributed by atoms with Gasteiger partial charge in [0.25, 0.3) is 0 Å². The summed E-state index contributed by atoms with van der Waals surface area (Å²) in [6.07, 6.45) is 0. The fourth-order valence-electron chi connectivity index (χ4n) is 0.297. The van der Waals surface area contributed by atoms with Crippen LogP contribution in [-0.4, -0.2) is 5.97 Å². The highest BCUT2D eigenvalue weighted by Gasteiger charge is 2.01. The Morgan fingerprint density at radius 3 is 2.40 bits per heavy atom. The molecule has 10 heavy (non-hydrogen) atoms. The lowest BCUT2D eigenvalue weighted by Crippen LogP contribution is -1.98. The topological polar surface area (TPSA) is 50.1 Å². The highest BCUT2D eigenvalue weighted by atomic mass is 16.5. The van der Waals surface area contributed by atoms with E-state index in [1.165, 1.54) is 6.92 Å². The minimum absolute atomic E-state index is 0.00926. The van der Waals surface area contributed by atoms with Gasteiger partial charge >= 0.3 is 5.97 Å². The van der Waals surface area contributed by atoms with Crippen LogP contribution < -0.4 is 0 Å². The average molecular weight is 137 g/mol. The lowest BCUT2D eigenvalue weighted by atomic mass is 10.3. The van der Waals surface area contributed by atoms with E-state index >= 15 is 0 Å². The van der Waals surface area contributed by atoms with Gasteiger partial charge in [0.15, 0.2) is 0 Å². The van der Waals surface area contributed by atoms with Gasteiger partial charge in [0.05, 0.1) is 5.57 Å². The van der Waals surface area contributed by atoms with Crippen LogP contribution in [0.15, 0.2) is 24.5 Å². The zero-order valence-electron chi connectivity index (χ0n) is 5.68. The van der Waals surface area contributed by atoms with E-state index in [1.807, 2.05) is 0 Å². The van der Waals surface area contributed by atoms with Crippen molar-refractivity contribution >= 4 is 5.97 Å². The molecule has 0 atom stereocenters. The molecule has 0 aromatic carbocycles. The zero-order valence-corrected chi connectivity index (χ0v) is 5.68. The van der Waals surface area contributed by atoms with Gasteiger partial charge in [0, 0.05) is 6.92 Å². The maximum atomic E-state index is 10.2. The molecule has 0 spiro atoms. The molecule has 0 rings (SSSR count). The molecular formula is C7H7NO2. The summed E-state index contributed by atoms with van der Waals surface area (Å²) in [4.78, 5) is 10.2. The van der Waals surface area contributed by atoms with Crippen LogP contribution in [0.25, 0.3) is 0 Å². The minimum atomic E-state index is -0.499. The molecule has 3 heteroatoms. The third-order valence-corrected chi connectivity index (χ3v) is 0.738. The van der Waals surface area contributed by atoms with Crippen LogP contribution in [0.5, 0.6) is 0 Å². The number of nitrogens with zero attached hydrogens (tertiary/aromatic N) is 1. The van der Waals surface area contributed by atoms with Gasteiger partial charge < -0.3 is 4.74 Å². The van der Waals surface area contributed by atoms with Gasteiger partial charge in [-0.3, -0.25) is 4.79 Å². The third kappa shape index (κ3) is 2.68. The number of rotatable bonds is 2. The molecule has 0 aliphatic carbocycles. The van der Waals surface area contributed by atoms with Crippen molar-refractivity contribution in [1.82, 2.24) is 0 Å². The van der Waals surface area contributed by atoms with Crippen LogP contribution in [0.1, 0.15) is 6.92 Å². The molecule has 0 aliphatic rings. The number of allylic oxidation sites excluding steroid dienone is 1. The summed E-state index contributed by atoms with van der Waals surface area (Å²) in [5, 5.41) is 8.22. The molecule has 0 saturated carbocycles. The molecule has 3 nitrogen and oxygen atoms in total. The Bertz CT molecular complexity index is 222. The number of hydrogen-bond donors (Lipinski definition) is 0. The minimum Gasteiger partial charge on any atom is -0.426 e. The molecule has 0 radical (unpaired) electrons. The molecule has 0 fully saturated rings. The summed E-state index contributed by atoms with van der Waals surface area (Å²) in [7, 11) is 0. The molecule has 0 N–H and O–H groups in total. The highest BCUT2D eigenvalue weighted by molar-refractivity contribution is 5.68. The van der Waals surface area contributed by atoms with Crippen LogP contribution >= 0.6 is 0 Å². The van der Waals surface area contributed by atoms with E-state index in [-0.39, 0.29) is 11.3 Å². The van der Waals surface area contributed by atoms with Gasteiger partial charge in [-0.15, -0.1) is 0 Å². The Morgan fingerprint density at radius 2 is 2.10 bits per heavy atom. The third-order valence-electron chi connectivity index (χ3n) is 0.738. The first-order valence-electron chi connectivity index (χ1n) is 2.54. The van der Waals surface area contributed by atoms with Gasteiger partial charge in [-0.05, 0) is 0 Å². The highest BCUT2D eigenvalue weighted by Crippen LogP contribution is 2.04. The van der Waals surface area contributed by atoms with Crippen molar-refractivity contribution in [1.29, 1.82) is 5.26 Å². The first-order chi connectivity index (χ1) is 4.57. The van der Waals surface area contributed by atoms with Gasteiger partial charge in [-0.25, -0.2) is 0 Å². The molecule has 0 aromatic rings. The maximum Gasteiger partial charge on any atom is 0.308 e. The average Bonchev–Trinajstić information content (AvgIpc) is 1.85. The quantitative estimate of drug-likeness (QED) is 0.248. The van der Waals surface area contributed by atoms with E-state index < -0.39 is 5.97 Å². The summed E-state index contributed by atoms with van der Waals surface area (Å²) in [6, 6.07) is 1.70. The molecule has 0 unspecified atom stereocenters. The molecule has 0 aliphatic heterocycles. The van der Waals surface area contributed by atoms with Gasteiger partial charge in [-0.1, -0.05) is 13.2 Å². The summed E-state index contributed by atoms with van der Waals surface area (Å²) < 4.78 is 4.45.